The number of aliphatic carboxylic acids is 1. The lowest BCUT2D eigenvalue weighted by atomic mass is 9.46. The number of carboxylic acids is 1. The Bertz CT molecular complexity index is 1870. The zero-order chi connectivity index (χ0) is 43.0. The van der Waals surface area contributed by atoms with Crippen LogP contribution >= 0.6 is 15.9 Å². The van der Waals surface area contributed by atoms with Gasteiger partial charge in [0.2, 0.25) is 11.8 Å². The molecule has 1 aliphatic heterocycles. The average molecular weight is 899 g/mol. The second-order valence-corrected chi connectivity index (χ2v) is 19.0. The molecule has 7 N–H and O–H groups in total. The maximum absolute atomic E-state index is 13.9. The van der Waals surface area contributed by atoms with Crippen LogP contribution in [0.3, 0.4) is 0 Å². The minimum atomic E-state index is -1.41. The Balaban J connectivity index is 0.942. The molecule has 7 rings (SSSR count). The van der Waals surface area contributed by atoms with Crippen LogP contribution in [0.25, 0.3) is 0 Å². The summed E-state index contributed by atoms with van der Waals surface area (Å²) in [4.78, 5) is 62.2. The van der Waals surface area contributed by atoms with E-state index in [0.29, 0.717) is 18.8 Å². The van der Waals surface area contributed by atoms with Gasteiger partial charge in [0.15, 0.2) is 23.5 Å². The second-order valence-electron chi connectivity index (χ2n) is 18.5. The van der Waals surface area contributed by atoms with Crippen LogP contribution in [0.15, 0.2) is 48.1 Å². The Labute approximate surface area is 359 Å². The van der Waals surface area contributed by atoms with Crippen LogP contribution in [-0.2, 0) is 39.9 Å². The lowest BCUT2D eigenvalue weighted by Gasteiger charge is -2.59. The van der Waals surface area contributed by atoms with Crippen molar-refractivity contribution in [2.45, 2.75) is 133 Å². The first-order valence-electron chi connectivity index (χ1n) is 21.6. The topological polar surface area (TPSA) is 221 Å². The van der Waals surface area contributed by atoms with Crippen LogP contribution in [-0.4, -0.2) is 104 Å². The summed E-state index contributed by atoms with van der Waals surface area (Å²) in [6.45, 7) is 3.66. The van der Waals surface area contributed by atoms with Crippen molar-refractivity contribution in [2.24, 2.45) is 34.5 Å². The van der Waals surface area contributed by atoms with Crippen molar-refractivity contribution in [1.29, 1.82) is 0 Å². The van der Waals surface area contributed by atoms with Crippen LogP contribution in [0.4, 0.5) is 0 Å². The molecule has 0 radical (unpaired) electrons. The lowest BCUT2D eigenvalue weighted by Crippen LogP contribution is -2.63. The van der Waals surface area contributed by atoms with E-state index in [2.05, 4.69) is 50.9 Å². The first-order chi connectivity index (χ1) is 28.6. The minimum Gasteiger partial charge on any atom is -0.481 e. The largest absolute Gasteiger partial charge is 0.481 e. The van der Waals surface area contributed by atoms with Crippen LogP contribution < -0.4 is 16.0 Å². The zero-order valence-electron chi connectivity index (χ0n) is 34.4. The predicted octanol–water partition coefficient (Wildman–Crippen LogP) is 3.55. The number of nitrogens with one attached hydrogen (secondary N) is 3. The first-order valence-corrected chi connectivity index (χ1v) is 22.7. The van der Waals surface area contributed by atoms with E-state index in [4.69, 9.17) is 9.47 Å². The fraction of sp³-hybridized carbons (Fsp3) is 0.667. The van der Waals surface area contributed by atoms with Crippen molar-refractivity contribution < 1.29 is 53.9 Å². The molecule has 1 unspecified atom stereocenters. The van der Waals surface area contributed by atoms with Gasteiger partial charge in [-0.3, -0.25) is 29.3 Å². The monoisotopic (exact) mass is 897 g/mol. The van der Waals surface area contributed by atoms with Gasteiger partial charge in [-0.25, -0.2) is 0 Å². The Morgan fingerprint density at radius 3 is 2.45 bits per heavy atom. The fourth-order valence-electron chi connectivity index (χ4n) is 12.1. The predicted molar refractivity (Wildman–Crippen MR) is 222 cm³/mol. The van der Waals surface area contributed by atoms with Crippen LogP contribution in [0, 0.1) is 34.5 Å². The molecule has 5 aliphatic carbocycles. The standard InChI is InChI=1S/C45H60BrN3O11/c1-43-17-15-30(51)20-28(43)9-12-31-32-21-36-45(35(53)24-50,44(32,2)22-34(52)40(31)43)60-42(59-36)27-7-3-25(4-8-27)19-26-5-10-29(11-6-26)48-41(58)33(13-14-39(56)57)49-37(54)16-18-47-38(55)23-46/h3-4,7-8,15,17,20,26,29,31-34,36-37,40,42,49-50,52,54H,5-6,9-14,16,18-19,21-24H2,1-2H3,(H,47,55)(H,48,58)(H,56,57)/t26?,29?,31-,32-,33-,34-,36+,37?,40+,42+,43-,44-,45+/m0/s1. The molecule has 1 saturated heterocycles. The van der Waals surface area contributed by atoms with E-state index in [1.54, 1.807) is 12.2 Å². The number of carbonyl (C=O) groups is 5. The molecular weight excluding hydrogens is 838 g/mol. The number of rotatable bonds is 16. The molecule has 14 nitrogen and oxygen atoms in total. The van der Waals surface area contributed by atoms with Gasteiger partial charge in [-0.15, -0.1) is 0 Å². The third-order valence-corrected chi connectivity index (χ3v) is 15.5. The van der Waals surface area contributed by atoms with Gasteiger partial charge in [0.05, 0.1) is 23.6 Å². The summed E-state index contributed by atoms with van der Waals surface area (Å²) in [5.41, 5.74) is 0.331. The number of hydrogen-bond donors (Lipinski definition) is 7. The number of ether oxygens (including phenoxy) is 2. The molecule has 2 amide bonds. The molecular formula is C45H60BrN3O11. The van der Waals surface area contributed by atoms with E-state index in [1.807, 2.05) is 25.1 Å². The number of allylic oxidation sites excluding steroid dienone is 4. The number of halogens is 1. The molecule has 6 aliphatic rings. The number of aliphatic hydroxyl groups excluding tert-OH is 3. The average Bonchev–Trinajstić information content (AvgIpc) is 3.72. The van der Waals surface area contributed by atoms with Gasteiger partial charge in [-0.1, -0.05) is 65.7 Å². The Morgan fingerprint density at radius 1 is 1.03 bits per heavy atom. The summed E-state index contributed by atoms with van der Waals surface area (Å²) in [6.07, 6.45) is 8.55. The quantitative estimate of drug-likeness (QED) is 0.0936. The van der Waals surface area contributed by atoms with E-state index >= 15 is 0 Å². The Morgan fingerprint density at radius 2 is 1.77 bits per heavy atom. The van der Waals surface area contributed by atoms with Crippen molar-refractivity contribution >= 4 is 45.3 Å². The first kappa shape index (κ1) is 44.7. The summed E-state index contributed by atoms with van der Waals surface area (Å²) >= 11 is 3.06. The van der Waals surface area contributed by atoms with Crippen molar-refractivity contribution in [1.82, 2.24) is 16.0 Å². The summed E-state index contributed by atoms with van der Waals surface area (Å²) < 4.78 is 13.4. The summed E-state index contributed by atoms with van der Waals surface area (Å²) in [7, 11) is 0. The number of alkyl halides is 1. The number of ketones is 2. The van der Waals surface area contributed by atoms with Gasteiger partial charge in [0.25, 0.3) is 0 Å². The van der Waals surface area contributed by atoms with Gasteiger partial charge in [-0.05, 0) is 99.7 Å². The van der Waals surface area contributed by atoms with Crippen molar-refractivity contribution in [2.75, 3.05) is 18.5 Å². The number of Topliss-reactive ketones (excluding diaryl/α,β-unsaturated/α-hetero) is 1. The highest BCUT2D eigenvalue weighted by Gasteiger charge is 2.76. The van der Waals surface area contributed by atoms with E-state index in [1.165, 1.54) is 0 Å². The normalized spacial score (nSPS) is 36.5. The molecule has 0 bridgehead atoms. The van der Waals surface area contributed by atoms with Crippen molar-refractivity contribution in [3.63, 3.8) is 0 Å². The van der Waals surface area contributed by atoms with Crippen LogP contribution in [0.5, 0.6) is 0 Å². The minimum absolute atomic E-state index is 0.0125. The molecule has 4 saturated carbocycles. The number of carbonyl (C=O) groups excluding carboxylic acids is 4. The van der Waals surface area contributed by atoms with Gasteiger partial charge < -0.3 is 40.5 Å². The molecule has 0 spiro atoms. The molecule has 5 fully saturated rings. The number of hydrogen-bond acceptors (Lipinski definition) is 11. The Kier molecular flexibility index (Phi) is 13.6. The maximum atomic E-state index is 13.9. The highest BCUT2D eigenvalue weighted by atomic mass is 79.9. The van der Waals surface area contributed by atoms with Gasteiger partial charge in [0, 0.05) is 47.7 Å². The second kappa shape index (κ2) is 18.2. The smallest absolute Gasteiger partial charge is 0.303 e. The number of fused-ring (bicyclic) bond motifs is 7. The number of amides is 2. The molecule has 1 aromatic rings. The third-order valence-electron chi connectivity index (χ3n) is 15.0. The maximum Gasteiger partial charge on any atom is 0.303 e. The molecule has 0 aromatic heterocycles. The van der Waals surface area contributed by atoms with Gasteiger partial charge >= 0.3 is 5.97 Å². The molecule has 328 valence electrons. The van der Waals surface area contributed by atoms with Crippen molar-refractivity contribution in [3.05, 3.63) is 59.2 Å². The highest BCUT2D eigenvalue weighted by Crippen LogP contribution is 2.70. The van der Waals surface area contributed by atoms with E-state index in [0.717, 1.165) is 61.6 Å². The summed E-state index contributed by atoms with van der Waals surface area (Å²) in [5, 5.41) is 50.6. The van der Waals surface area contributed by atoms with Gasteiger partial charge in [0.1, 0.15) is 12.8 Å². The molecule has 60 heavy (non-hydrogen) atoms. The third kappa shape index (κ3) is 8.56. The lowest BCUT2D eigenvalue weighted by molar-refractivity contribution is -0.201. The van der Waals surface area contributed by atoms with E-state index < -0.39 is 65.6 Å². The number of carboxylic acid groups (broad SMARTS) is 1. The van der Waals surface area contributed by atoms with Crippen LogP contribution in [0.2, 0.25) is 0 Å². The SMILES string of the molecule is C[C@]12C=CC(=O)C=C1CC[C@@H]1[C@@H]2[C@@H](O)C[C@@]2(C)[C@H]1C[C@H]1O[C@@H](c3ccc(CC4CCC(NC(=O)[C@H](CCC(=O)O)NC(O)CCNC(=O)CBr)CC4)cc3)O[C@]12C(=O)CO. The molecule has 1 aromatic carbocycles. The molecule has 1 heterocycles. The van der Waals surface area contributed by atoms with E-state index in [-0.39, 0.29) is 72.5 Å². The Hall–Kier alpha value is -3.31. The summed E-state index contributed by atoms with van der Waals surface area (Å²) in [6, 6.07) is 7.07. The zero-order valence-corrected chi connectivity index (χ0v) is 36.0. The van der Waals surface area contributed by atoms with E-state index in [9.17, 15) is 44.4 Å². The molecule has 11 atom stereocenters. The summed E-state index contributed by atoms with van der Waals surface area (Å²) in [5.74, 6) is -1.69. The van der Waals surface area contributed by atoms with Gasteiger partial charge in [-0.2, -0.15) is 0 Å². The fourth-order valence-corrected chi connectivity index (χ4v) is 12.3. The molecule has 15 heteroatoms. The van der Waals surface area contributed by atoms with Crippen molar-refractivity contribution in [3.8, 4) is 0 Å². The highest BCUT2D eigenvalue weighted by molar-refractivity contribution is 9.09. The van der Waals surface area contributed by atoms with Crippen LogP contribution in [0.1, 0.15) is 102 Å². The number of benzene rings is 1. The number of aliphatic hydroxyl groups is 3.